The molecule has 0 fully saturated rings. The van der Waals surface area contributed by atoms with Crippen molar-refractivity contribution in [2.24, 2.45) is 11.3 Å². The van der Waals surface area contributed by atoms with E-state index in [0.717, 1.165) is 16.7 Å². The number of nitrogens with one attached hydrogen (secondary N) is 2. The van der Waals surface area contributed by atoms with Gasteiger partial charge in [0.25, 0.3) is 5.91 Å². The van der Waals surface area contributed by atoms with E-state index in [1.165, 1.54) is 0 Å². The zero-order chi connectivity index (χ0) is 26.5. The number of aliphatic carboxylic acids is 1. The van der Waals surface area contributed by atoms with Gasteiger partial charge < -0.3 is 15.0 Å². The second-order valence-corrected chi connectivity index (χ2v) is 9.50. The maximum absolute atomic E-state index is 13.3. The summed E-state index contributed by atoms with van der Waals surface area (Å²) in [5, 5.41) is 21.2. The average molecular weight is 488 g/mol. The topological polar surface area (TPSA) is 150 Å². The minimum absolute atomic E-state index is 0.474. The van der Waals surface area contributed by atoms with Crippen LogP contribution >= 0.6 is 0 Å². The minimum Gasteiger partial charge on any atom is -0.481 e. The Hall–Kier alpha value is -4.42. The standard InChI is InChI=1S/C27H29N5O4/c1-27(2,3)24(26(36)31-29)30-25(35)22(15-23(33)34)32-14-4-5-21(32)20-12-10-19(11-13-20)18-8-6-17(16-28)7-9-18/h4-14,22,24H,15,29H2,1-3H3,(H,30,35)(H,31,36)(H,33,34). The molecule has 9 heteroatoms. The van der Waals surface area contributed by atoms with Crippen LogP contribution in [0.3, 0.4) is 0 Å². The van der Waals surface area contributed by atoms with Crippen molar-refractivity contribution in [3.05, 3.63) is 72.4 Å². The Morgan fingerprint density at radius 1 is 0.972 bits per heavy atom. The van der Waals surface area contributed by atoms with E-state index < -0.39 is 41.7 Å². The van der Waals surface area contributed by atoms with Crippen molar-refractivity contribution in [2.75, 3.05) is 0 Å². The highest BCUT2D eigenvalue weighted by molar-refractivity contribution is 5.91. The molecule has 1 heterocycles. The van der Waals surface area contributed by atoms with Crippen LogP contribution in [0.2, 0.25) is 0 Å². The first-order chi connectivity index (χ1) is 17.0. The Morgan fingerprint density at radius 2 is 1.53 bits per heavy atom. The third-order valence-corrected chi connectivity index (χ3v) is 5.87. The summed E-state index contributed by atoms with van der Waals surface area (Å²) in [6, 6.07) is 18.4. The van der Waals surface area contributed by atoms with Crippen LogP contribution in [0.5, 0.6) is 0 Å². The van der Waals surface area contributed by atoms with E-state index in [-0.39, 0.29) is 0 Å². The number of nitrogens with two attached hydrogens (primary N) is 1. The largest absolute Gasteiger partial charge is 0.481 e. The molecule has 2 unspecified atom stereocenters. The molecule has 0 aliphatic rings. The van der Waals surface area contributed by atoms with E-state index in [2.05, 4.69) is 16.8 Å². The number of rotatable bonds is 8. The lowest BCUT2D eigenvalue weighted by molar-refractivity contribution is -0.141. The number of aromatic nitrogens is 1. The van der Waals surface area contributed by atoms with Crippen LogP contribution in [0.15, 0.2) is 66.9 Å². The maximum atomic E-state index is 13.3. The van der Waals surface area contributed by atoms with Crippen LogP contribution in [0.25, 0.3) is 22.4 Å². The third-order valence-electron chi connectivity index (χ3n) is 5.87. The summed E-state index contributed by atoms with van der Waals surface area (Å²) in [5.41, 5.74) is 5.31. The van der Waals surface area contributed by atoms with Crippen molar-refractivity contribution < 1.29 is 19.5 Å². The molecular formula is C27H29N5O4. The second-order valence-electron chi connectivity index (χ2n) is 9.50. The number of amides is 2. The number of carbonyl (C=O) groups is 3. The van der Waals surface area contributed by atoms with Crippen LogP contribution in [-0.2, 0) is 14.4 Å². The lowest BCUT2D eigenvalue weighted by Crippen LogP contribution is -2.56. The summed E-state index contributed by atoms with van der Waals surface area (Å²) in [6.07, 6.45) is 1.17. The van der Waals surface area contributed by atoms with Crippen LogP contribution in [0, 0.1) is 16.7 Å². The van der Waals surface area contributed by atoms with Gasteiger partial charge >= 0.3 is 5.97 Å². The quantitative estimate of drug-likeness (QED) is 0.218. The van der Waals surface area contributed by atoms with Gasteiger partial charge in [-0.25, -0.2) is 5.84 Å². The molecule has 2 aromatic carbocycles. The number of carbonyl (C=O) groups excluding carboxylic acids is 2. The minimum atomic E-state index is -1.15. The Morgan fingerprint density at radius 3 is 2.03 bits per heavy atom. The van der Waals surface area contributed by atoms with E-state index in [4.69, 9.17) is 11.1 Å². The number of hydrazine groups is 1. The monoisotopic (exact) mass is 487 g/mol. The van der Waals surface area contributed by atoms with Gasteiger partial charge in [-0.2, -0.15) is 5.26 Å². The number of carboxylic acid groups (broad SMARTS) is 1. The van der Waals surface area contributed by atoms with E-state index >= 15 is 0 Å². The van der Waals surface area contributed by atoms with Gasteiger partial charge in [-0.15, -0.1) is 0 Å². The normalized spacial score (nSPS) is 12.8. The molecule has 2 amide bonds. The highest BCUT2D eigenvalue weighted by atomic mass is 16.4. The Labute approximate surface area is 209 Å². The molecule has 0 aliphatic carbocycles. The number of nitriles is 1. The lowest BCUT2D eigenvalue weighted by atomic mass is 9.86. The van der Waals surface area contributed by atoms with Gasteiger partial charge in [0, 0.05) is 11.9 Å². The maximum Gasteiger partial charge on any atom is 0.306 e. The number of hydrogen-bond donors (Lipinski definition) is 4. The van der Waals surface area contributed by atoms with Crippen molar-refractivity contribution in [3.63, 3.8) is 0 Å². The second kappa shape index (κ2) is 10.9. The first-order valence-corrected chi connectivity index (χ1v) is 11.4. The Kier molecular flexibility index (Phi) is 7.92. The smallest absolute Gasteiger partial charge is 0.306 e. The molecule has 0 saturated carbocycles. The molecule has 36 heavy (non-hydrogen) atoms. The average Bonchev–Trinajstić information content (AvgIpc) is 3.34. The van der Waals surface area contributed by atoms with E-state index in [9.17, 15) is 19.5 Å². The molecule has 5 N–H and O–H groups in total. The summed E-state index contributed by atoms with van der Waals surface area (Å²) in [6.45, 7) is 5.32. The zero-order valence-corrected chi connectivity index (χ0v) is 20.4. The number of hydrogen-bond acceptors (Lipinski definition) is 5. The summed E-state index contributed by atoms with van der Waals surface area (Å²) in [5.74, 6) is 2.97. The fourth-order valence-electron chi connectivity index (χ4n) is 3.96. The first-order valence-electron chi connectivity index (χ1n) is 11.4. The van der Waals surface area contributed by atoms with Gasteiger partial charge in [-0.3, -0.25) is 19.8 Å². The molecule has 2 atom stereocenters. The van der Waals surface area contributed by atoms with E-state index in [1.807, 2.05) is 36.4 Å². The highest BCUT2D eigenvalue weighted by Gasteiger charge is 2.35. The molecule has 1 aromatic heterocycles. The van der Waals surface area contributed by atoms with Crippen LogP contribution in [0.1, 0.15) is 38.8 Å². The summed E-state index contributed by atoms with van der Waals surface area (Å²) < 4.78 is 1.60. The molecule has 0 spiro atoms. The SMILES string of the molecule is CC(C)(C)C(NC(=O)C(CC(=O)O)n1cccc1-c1ccc(-c2ccc(C#N)cc2)cc1)C(=O)NN. The zero-order valence-electron chi connectivity index (χ0n) is 20.4. The number of carboxylic acids is 1. The van der Waals surface area contributed by atoms with Gasteiger partial charge in [-0.1, -0.05) is 57.2 Å². The van der Waals surface area contributed by atoms with Crippen molar-refractivity contribution in [3.8, 4) is 28.5 Å². The van der Waals surface area contributed by atoms with Crippen molar-refractivity contribution in [2.45, 2.75) is 39.3 Å². The molecule has 186 valence electrons. The lowest BCUT2D eigenvalue weighted by Gasteiger charge is -2.31. The van der Waals surface area contributed by atoms with E-state index in [1.54, 1.807) is 55.8 Å². The molecule has 9 nitrogen and oxygen atoms in total. The van der Waals surface area contributed by atoms with Crippen LogP contribution in [-0.4, -0.2) is 33.5 Å². The van der Waals surface area contributed by atoms with Crippen LogP contribution in [0.4, 0.5) is 0 Å². The van der Waals surface area contributed by atoms with Gasteiger partial charge in [0.15, 0.2) is 0 Å². The summed E-state index contributed by atoms with van der Waals surface area (Å²) in [4.78, 5) is 37.3. The molecule has 0 saturated heterocycles. The number of nitrogens with zero attached hydrogens (tertiary/aromatic N) is 2. The summed E-state index contributed by atoms with van der Waals surface area (Å²) >= 11 is 0. The highest BCUT2D eigenvalue weighted by Crippen LogP contribution is 2.29. The van der Waals surface area contributed by atoms with Crippen molar-refractivity contribution >= 4 is 17.8 Å². The predicted molar refractivity (Wildman–Crippen MR) is 135 cm³/mol. The third kappa shape index (κ3) is 5.98. The van der Waals surface area contributed by atoms with E-state index in [0.29, 0.717) is 11.3 Å². The Balaban J connectivity index is 1.92. The number of benzene rings is 2. The van der Waals surface area contributed by atoms with Gasteiger partial charge in [0.2, 0.25) is 5.91 Å². The Bertz CT molecular complexity index is 1280. The molecule has 0 aliphatic heterocycles. The van der Waals surface area contributed by atoms with Gasteiger partial charge in [0.05, 0.1) is 18.1 Å². The summed E-state index contributed by atoms with van der Waals surface area (Å²) in [7, 11) is 0. The van der Waals surface area contributed by atoms with Gasteiger partial charge in [0.1, 0.15) is 12.1 Å². The van der Waals surface area contributed by atoms with Crippen molar-refractivity contribution in [1.82, 2.24) is 15.3 Å². The van der Waals surface area contributed by atoms with Crippen LogP contribution < -0.4 is 16.6 Å². The fraction of sp³-hybridized carbons (Fsp3) is 0.259. The molecule has 3 aromatic rings. The van der Waals surface area contributed by atoms with Crippen molar-refractivity contribution in [1.29, 1.82) is 5.26 Å². The van der Waals surface area contributed by atoms with Gasteiger partial charge in [-0.05, 0) is 46.4 Å². The first kappa shape index (κ1) is 26.2. The predicted octanol–water partition coefficient (Wildman–Crippen LogP) is 3.23. The fourth-order valence-corrected chi connectivity index (χ4v) is 3.96. The molecule has 0 bridgehead atoms. The molecule has 0 radical (unpaired) electrons. The molecule has 3 rings (SSSR count). The molecular weight excluding hydrogens is 458 g/mol.